The number of amides is 1. The summed E-state index contributed by atoms with van der Waals surface area (Å²) in [6.45, 7) is 0.645. The van der Waals surface area contributed by atoms with Crippen molar-refractivity contribution in [2.24, 2.45) is 0 Å². The van der Waals surface area contributed by atoms with Crippen LogP contribution in [0.2, 0.25) is 0 Å². The summed E-state index contributed by atoms with van der Waals surface area (Å²) < 4.78 is 0. The second-order valence-electron chi connectivity index (χ2n) is 6.43. The molecule has 5 nitrogen and oxygen atoms in total. The van der Waals surface area contributed by atoms with E-state index in [-0.39, 0.29) is 11.8 Å². The molecule has 2 heterocycles. The number of aromatic nitrogens is 2. The molecule has 1 atom stereocenters. The van der Waals surface area contributed by atoms with Gasteiger partial charge < -0.3 is 10.6 Å². The Morgan fingerprint density at radius 2 is 1.89 bits per heavy atom. The van der Waals surface area contributed by atoms with Crippen LogP contribution in [0.5, 0.6) is 0 Å². The van der Waals surface area contributed by atoms with Crippen molar-refractivity contribution in [3.63, 3.8) is 0 Å². The number of nitrogens with zero attached hydrogens (tertiary/aromatic N) is 2. The zero-order valence-electron chi connectivity index (χ0n) is 14.8. The number of nitrogens with one attached hydrogen (secondary N) is 2. The highest BCUT2D eigenvalue weighted by atomic mass is 32.2. The van der Waals surface area contributed by atoms with E-state index in [0.29, 0.717) is 13.0 Å². The first-order valence-electron chi connectivity index (χ1n) is 8.89. The lowest BCUT2D eigenvalue weighted by Gasteiger charge is -2.25. The van der Waals surface area contributed by atoms with Gasteiger partial charge in [-0.05, 0) is 17.2 Å². The lowest BCUT2D eigenvalue weighted by Crippen LogP contribution is -2.26. The first-order chi connectivity index (χ1) is 13.3. The summed E-state index contributed by atoms with van der Waals surface area (Å²) in [5, 5.41) is 7.16. The minimum Gasteiger partial charge on any atom is -0.368 e. The molecule has 0 spiro atoms. The Morgan fingerprint density at radius 3 is 2.78 bits per heavy atom. The molecule has 1 aliphatic rings. The van der Waals surface area contributed by atoms with Crippen molar-refractivity contribution in [3.8, 4) is 0 Å². The van der Waals surface area contributed by atoms with Gasteiger partial charge in [-0.2, -0.15) is 0 Å². The highest BCUT2D eigenvalue weighted by Crippen LogP contribution is 2.32. The first-order valence-corrected chi connectivity index (χ1v) is 9.88. The van der Waals surface area contributed by atoms with Crippen LogP contribution < -0.4 is 10.6 Å². The molecular weight excluding hydrogens is 356 g/mol. The van der Waals surface area contributed by atoms with Crippen molar-refractivity contribution >= 4 is 29.2 Å². The second-order valence-corrected chi connectivity index (χ2v) is 7.43. The number of fused-ring (bicyclic) bond motifs is 1. The van der Waals surface area contributed by atoms with Crippen molar-refractivity contribution in [1.82, 2.24) is 9.97 Å². The van der Waals surface area contributed by atoms with Gasteiger partial charge >= 0.3 is 0 Å². The summed E-state index contributed by atoms with van der Waals surface area (Å²) in [5.74, 6) is 1.77. The van der Waals surface area contributed by atoms with E-state index >= 15 is 0 Å². The molecule has 1 aliphatic heterocycles. The van der Waals surface area contributed by atoms with Gasteiger partial charge in [-0.15, -0.1) is 11.8 Å². The predicted molar refractivity (Wildman–Crippen MR) is 109 cm³/mol. The molecule has 0 radical (unpaired) electrons. The summed E-state index contributed by atoms with van der Waals surface area (Å²) in [6, 6.07) is 18.3. The topological polar surface area (TPSA) is 66.9 Å². The molecule has 1 aromatic heterocycles. The molecule has 136 valence electrons. The number of anilines is 2. The molecule has 0 saturated heterocycles. The van der Waals surface area contributed by atoms with Crippen molar-refractivity contribution in [1.29, 1.82) is 0 Å². The van der Waals surface area contributed by atoms with Crippen LogP contribution in [0, 0.1) is 0 Å². The van der Waals surface area contributed by atoms with Gasteiger partial charge in [0.15, 0.2) is 0 Å². The third-order valence-corrected chi connectivity index (χ3v) is 5.45. The maximum Gasteiger partial charge on any atom is 0.225 e. The van der Waals surface area contributed by atoms with Crippen molar-refractivity contribution in [2.75, 3.05) is 17.2 Å². The van der Waals surface area contributed by atoms with Gasteiger partial charge in [0.25, 0.3) is 0 Å². The van der Waals surface area contributed by atoms with E-state index in [1.165, 1.54) is 5.56 Å². The maximum absolute atomic E-state index is 12.0. The molecular formula is C21H20N4OS. The highest BCUT2D eigenvalue weighted by molar-refractivity contribution is 7.98. The number of carbonyl (C=O) groups excluding carboxylic acids is 1. The molecule has 0 saturated carbocycles. The van der Waals surface area contributed by atoms with Gasteiger partial charge in [-0.3, -0.25) is 9.78 Å². The van der Waals surface area contributed by atoms with Gasteiger partial charge in [0, 0.05) is 30.3 Å². The summed E-state index contributed by atoms with van der Waals surface area (Å²) in [4.78, 5) is 20.9. The van der Waals surface area contributed by atoms with Crippen LogP contribution in [-0.2, 0) is 10.5 Å². The summed E-state index contributed by atoms with van der Waals surface area (Å²) in [6.07, 6.45) is 3.98. The molecule has 1 amide bonds. The molecule has 2 N–H and O–H groups in total. The van der Waals surface area contributed by atoms with Crippen LogP contribution >= 0.6 is 11.8 Å². The largest absolute Gasteiger partial charge is 0.368 e. The third kappa shape index (κ3) is 4.46. The van der Waals surface area contributed by atoms with Crippen molar-refractivity contribution < 1.29 is 4.79 Å². The van der Waals surface area contributed by atoms with Crippen LogP contribution in [-0.4, -0.2) is 22.4 Å². The molecule has 0 bridgehead atoms. The van der Waals surface area contributed by atoms with E-state index in [0.717, 1.165) is 27.8 Å². The van der Waals surface area contributed by atoms with Gasteiger partial charge in [0.2, 0.25) is 5.91 Å². The Bertz CT molecular complexity index is 932. The van der Waals surface area contributed by atoms with Gasteiger partial charge in [0.05, 0.1) is 12.4 Å². The van der Waals surface area contributed by atoms with Crippen LogP contribution in [0.4, 0.5) is 11.5 Å². The SMILES string of the molecule is O=C1CC(CNc2cncc(SCc3ccccc3)n2)c2ccccc2N1. The minimum absolute atomic E-state index is 0.0544. The summed E-state index contributed by atoms with van der Waals surface area (Å²) in [7, 11) is 0. The Labute approximate surface area is 162 Å². The standard InChI is InChI=1S/C21H20N4OS/c26-20-10-16(17-8-4-5-9-18(17)24-20)11-23-19-12-22-13-21(25-19)27-14-15-6-2-1-3-7-15/h1-9,12-13,16H,10-11,14H2,(H,23,25)(H,24,26). The molecule has 2 aromatic carbocycles. The van der Waals surface area contributed by atoms with E-state index in [2.05, 4.69) is 38.8 Å². The second kappa shape index (κ2) is 8.22. The monoisotopic (exact) mass is 376 g/mol. The third-order valence-electron chi connectivity index (χ3n) is 4.48. The van der Waals surface area contributed by atoms with Gasteiger partial charge in [-0.1, -0.05) is 48.5 Å². The zero-order valence-corrected chi connectivity index (χ0v) is 15.6. The number of carbonyl (C=O) groups is 1. The van der Waals surface area contributed by atoms with Crippen LogP contribution in [0.25, 0.3) is 0 Å². The fraction of sp³-hybridized carbons (Fsp3) is 0.190. The molecule has 6 heteroatoms. The minimum atomic E-state index is 0.0544. The van der Waals surface area contributed by atoms with Gasteiger partial charge in [-0.25, -0.2) is 4.98 Å². The van der Waals surface area contributed by atoms with E-state index in [1.54, 1.807) is 24.2 Å². The number of rotatable bonds is 6. The number of para-hydroxylation sites is 1. The van der Waals surface area contributed by atoms with E-state index in [9.17, 15) is 4.79 Å². The summed E-state index contributed by atoms with van der Waals surface area (Å²) in [5.41, 5.74) is 3.32. The molecule has 0 fully saturated rings. The molecule has 0 aliphatic carbocycles. The normalized spacial score (nSPS) is 15.7. The Kier molecular flexibility index (Phi) is 5.34. The first kappa shape index (κ1) is 17.5. The maximum atomic E-state index is 12.0. The number of hydrogen-bond acceptors (Lipinski definition) is 5. The lowest BCUT2D eigenvalue weighted by atomic mass is 9.90. The fourth-order valence-corrected chi connectivity index (χ4v) is 3.95. The quantitative estimate of drug-likeness (QED) is 0.628. The Balaban J connectivity index is 1.40. The Morgan fingerprint density at radius 1 is 1.07 bits per heavy atom. The predicted octanol–water partition coefficient (Wildman–Crippen LogP) is 4.31. The fourth-order valence-electron chi connectivity index (χ4n) is 3.15. The number of benzene rings is 2. The highest BCUT2D eigenvalue weighted by Gasteiger charge is 2.24. The molecule has 1 unspecified atom stereocenters. The van der Waals surface area contributed by atoms with E-state index in [4.69, 9.17) is 0 Å². The number of hydrogen-bond donors (Lipinski definition) is 2. The average Bonchev–Trinajstić information content (AvgIpc) is 2.71. The average molecular weight is 376 g/mol. The van der Waals surface area contributed by atoms with Crippen molar-refractivity contribution in [3.05, 3.63) is 78.1 Å². The van der Waals surface area contributed by atoms with Crippen LogP contribution in [0.3, 0.4) is 0 Å². The van der Waals surface area contributed by atoms with E-state index in [1.807, 2.05) is 36.4 Å². The van der Waals surface area contributed by atoms with Crippen LogP contribution in [0.1, 0.15) is 23.5 Å². The zero-order chi connectivity index (χ0) is 18.5. The molecule has 27 heavy (non-hydrogen) atoms. The smallest absolute Gasteiger partial charge is 0.225 e. The Hall–Kier alpha value is -2.86. The molecule has 4 rings (SSSR count). The van der Waals surface area contributed by atoms with E-state index < -0.39 is 0 Å². The van der Waals surface area contributed by atoms with Crippen molar-refractivity contribution in [2.45, 2.75) is 23.1 Å². The number of thioether (sulfide) groups is 1. The van der Waals surface area contributed by atoms with Gasteiger partial charge in [0.1, 0.15) is 10.8 Å². The lowest BCUT2D eigenvalue weighted by molar-refractivity contribution is -0.116. The van der Waals surface area contributed by atoms with Crippen LogP contribution in [0.15, 0.2) is 72.0 Å². The molecule has 3 aromatic rings. The summed E-state index contributed by atoms with van der Waals surface area (Å²) >= 11 is 1.66.